The molecule has 1 aromatic carbocycles. The number of aryl methyl sites for hydroxylation is 1. The van der Waals surface area contributed by atoms with E-state index >= 15 is 0 Å². The van der Waals surface area contributed by atoms with Gasteiger partial charge in [-0.1, -0.05) is 32.3 Å². The van der Waals surface area contributed by atoms with Gasteiger partial charge in [0.05, 0.1) is 34.8 Å². The van der Waals surface area contributed by atoms with Gasteiger partial charge in [-0.25, -0.2) is 0 Å². The maximum atomic E-state index is 12.6. The van der Waals surface area contributed by atoms with Crippen LogP contribution in [0.5, 0.6) is 5.75 Å². The highest BCUT2D eigenvalue weighted by Gasteiger charge is 2.21. The summed E-state index contributed by atoms with van der Waals surface area (Å²) in [6.45, 7) is 5.06. The average molecular weight is 450 g/mol. The van der Waals surface area contributed by atoms with Crippen LogP contribution in [0.15, 0.2) is 24.3 Å². The van der Waals surface area contributed by atoms with Crippen molar-refractivity contribution in [3.8, 4) is 11.8 Å². The lowest BCUT2D eigenvalue weighted by molar-refractivity contribution is -0.111. The van der Waals surface area contributed by atoms with Crippen molar-refractivity contribution in [2.75, 3.05) is 37.9 Å². The Labute approximate surface area is 196 Å². The largest absolute Gasteiger partial charge is 0.492 e. The van der Waals surface area contributed by atoms with Crippen LogP contribution in [0.4, 0.5) is 11.4 Å². The topological polar surface area (TPSA) is 90.3 Å². The number of hydrogen-bond acceptors (Lipinski definition) is 6. The lowest BCUT2D eigenvalue weighted by atomic mass is 9.94. The minimum Gasteiger partial charge on any atom is -0.492 e. The predicted molar refractivity (Wildman–Crippen MR) is 134 cm³/mol. The molecule has 0 unspecified atom stereocenters. The summed E-state index contributed by atoms with van der Waals surface area (Å²) in [4.78, 5) is 19.3. The Hall–Kier alpha value is -3.11. The number of rotatable bonds is 9. The first-order valence-corrected chi connectivity index (χ1v) is 11.9. The van der Waals surface area contributed by atoms with Crippen molar-refractivity contribution in [2.24, 2.45) is 0 Å². The highest BCUT2D eigenvalue weighted by molar-refractivity contribution is 6.04. The second-order valence-corrected chi connectivity index (χ2v) is 8.71. The van der Waals surface area contributed by atoms with E-state index in [9.17, 15) is 10.1 Å². The highest BCUT2D eigenvalue weighted by atomic mass is 16.5. The first-order chi connectivity index (χ1) is 16.0. The van der Waals surface area contributed by atoms with E-state index < -0.39 is 0 Å². The monoisotopic (exact) mass is 449 g/mol. The number of nitriles is 1. The maximum absolute atomic E-state index is 12.6. The summed E-state index contributed by atoms with van der Waals surface area (Å²) in [6.07, 6.45) is 9.83. The molecule has 0 spiro atoms. The summed E-state index contributed by atoms with van der Waals surface area (Å²) in [7, 11) is 3.90. The van der Waals surface area contributed by atoms with Crippen LogP contribution in [0.3, 0.4) is 0 Å². The molecule has 3 rings (SSSR count). The number of nitrogens with zero attached hydrogens (tertiary/aromatic N) is 3. The van der Waals surface area contributed by atoms with Crippen LogP contribution in [-0.4, -0.2) is 49.1 Å². The number of carbonyl (C=O) groups is 1. The SMILES string of the molecule is CCOc1cc2nc(CC)c(C#N)c(NC3CCCCC3)c2cc1NC(=O)/C=C/CN(C)C. The van der Waals surface area contributed by atoms with Gasteiger partial charge in [0.15, 0.2) is 0 Å². The Morgan fingerprint density at radius 1 is 1.27 bits per heavy atom. The van der Waals surface area contributed by atoms with E-state index in [0.717, 1.165) is 35.1 Å². The number of fused-ring (bicyclic) bond motifs is 1. The Bertz CT molecular complexity index is 1050. The van der Waals surface area contributed by atoms with Gasteiger partial charge < -0.3 is 20.3 Å². The van der Waals surface area contributed by atoms with Crippen LogP contribution < -0.4 is 15.4 Å². The first kappa shape index (κ1) is 24.5. The number of pyridine rings is 1. The number of ether oxygens (including phenoxy) is 1. The zero-order valence-corrected chi connectivity index (χ0v) is 20.2. The molecule has 1 aliphatic rings. The number of anilines is 2. The fourth-order valence-electron chi connectivity index (χ4n) is 4.24. The zero-order chi connectivity index (χ0) is 23.8. The molecule has 1 aromatic heterocycles. The van der Waals surface area contributed by atoms with Gasteiger partial charge in [-0.3, -0.25) is 9.78 Å². The van der Waals surface area contributed by atoms with Gasteiger partial charge in [0.1, 0.15) is 11.8 Å². The van der Waals surface area contributed by atoms with Crippen LogP contribution in [0.25, 0.3) is 10.9 Å². The number of likely N-dealkylation sites (N-methyl/N-ethyl adjacent to an activating group) is 1. The number of hydrogen-bond donors (Lipinski definition) is 2. The van der Waals surface area contributed by atoms with E-state index in [1.165, 1.54) is 25.3 Å². The van der Waals surface area contributed by atoms with Gasteiger partial charge in [0.2, 0.25) is 5.91 Å². The van der Waals surface area contributed by atoms with Crippen LogP contribution >= 0.6 is 0 Å². The van der Waals surface area contributed by atoms with E-state index in [-0.39, 0.29) is 5.91 Å². The predicted octanol–water partition coefficient (Wildman–Crippen LogP) is 4.87. The molecular formula is C26H35N5O2. The van der Waals surface area contributed by atoms with Crippen molar-refractivity contribution in [1.29, 1.82) is 5.26 Å². The van der Waals surface area contributed by atoms with E-state index in [1.54, 1.807) is 0 Å². The molecule has 0 aliphatic heterocycles. The highest BCUT2D eigenvalue weighted by Crippen LogP contribution is 2.37. The fourth-order valence-corrected chi connectivity index (χ4v) is 4.24. The summed E-state index contributed by atoms with van der Waals surface area (Å²) < 4.78 is 5.84. The molecule has 2 N–H and O–H groups in total. The average Bonchev–Trinajstić information content (AvgIpc) is 2.80. The van der Waals surface area contributed by atoms with E-state index in [1.807, 2.05) is 51.1 Å². The van der Waals surface area contributed by atoms with Crippen molar-refractivity contribution < 1.29 is 9.53 Å². The molecule has 1 fully saturated rings. The number of benzene rings is 1. The molecule has 0 atom stereocenters. The van der Waals surface area contributed by atoms with Crippen LogP contribution in [0.1, 0.15) is 57.2 Å². The molecule has 33 heavy (non-hydrogen) atoms. The standard InChI is InChI=1S/C26H35N5O2/c1-5-21-20(17-27)26(28-18-11-8-7-9-12-18)19-15-23(24(33-6-2)16-22(19)29-21)30-25(32)13-10-14-31(3)4/h10,13,15-16,18H,5-9,11-12,14H2,1-4H3,(H,28,29)(H,30,32)/b13-10+. The van der Waals surface area contributed by atoms with Crippen molar-refractivity contribution in [3.63, 3.8) is 0 Å². The number of aromatic nitrogens is 1. The number of carbonyl (C=O) groups excluding carboxylic acids is 1. The fraction of sp³-hybridized carbons (Fsp3) is 0.500. The second-order valence-electron chi connectivity index (χ2n) is 8.71. The Morgan fingerprint density at radius 2 is 2.03 bits per heavy atom. The second kappa shape index (κ2) is 11.7. The van der Waals surface area contributed by atoms with Crippen LogP contribution in [0.2, 0.25) is 0 Å². The van der Waals surface area contributed by atoms with Gasteiger partial charge in [0, 0.05) is 30.1 Å². The summed E-state index contributed by atoms with van der Waals surface area (Å²) in [5.74, 6) is 0.347. The third-order valence-electron chi connectivity index (χ3n) is 5.86. The Kier molecular flexibility index (Phi) is 8.67. The maximum Gasteiger partial charge on any atom is 0.248 e. The Morgan fingerprint density at radius 3 is 2.67 bits per heavy atom. The van der Waals surface area contributed by atoms with Crippen LogP contribution in [0, 0.1) is 11.3 Å². The number of amides is 1. The minimum atomic E-state index is -0.224. The van der Waals surface area contributed by atoms with E-state index in [4.69, 9.17) is 9.72 Å². The molecule has 1 saturated carbocycles. The molecular weight excluding hydrogens is 414 g/mol. The molecule has 1 heterocycles. The lowest BCUT2D eigenvalue weighted by Crippen LogP contribution is -2.23. The molecule has 2 aromatic rings. The molecule has 0 saturated heterocycles. The lowest BCUT2D eigenvalue weighted by Gasteiger charge is -2.26. The smallest absolute Gasteiger partial charge is 0.248 e. The minimum absolute atomic E-state index is 0.224. The van der Waals surface area contributed by atoms with Gasteiger partial charge in [-0.05, 0) is 46.3 Å². The molecule has 0 radical (unpaired) electrons. The molecule has 176 valence electrons. The molecule has 1 aliphatic carbocycles. The summed E-state index contributed by atoms with van der Waals surface area (Å²) >= 11 is 0. The number of nitrogens with one attached hydrogen (secondary N) is 2. The first-order valence-electron chi connectivity index (χ1n) is 11.9. The Balaban J connectivity index is 2.07. The molecule has 7 nitrogen and oxygen atoms in total. The van der Waals surface area contributed by atoms with Gasteiger partial charge in [-0.15, -0.1) is 0 Å². The van der Waals surface area contributed by atoms with Gasteiger partial charge in [-0.2, -0.15) is 5.26 Å². The van der Waals surface area contributed by atoms with Gasteiger partial charge in [0.25, 0.3) is 0 Å². The summed E-state index contributed by atoms with van der Waals surface area (Å²) in [5.41, 5.74) is 3.50. The molecule has 1 amide bonds. The van der Waals surface area contributed by atoms with Crippen molar-refractivity contribution in [1.82, 2.24) is 9.88 Å². The van der Waals surface area contributed by atoms with E-state index in [0.29, 0.717) is 42.6 Å². The molecule has 0 bridgehead atoms. The summed E-state index contributed by atoms with van der Waals surface area (Å²) in [5, 5.41) is 17.4. The van der Waals surface area contributed by atoms with E-state index in [2.05, 4.69) is 16.7 Å². The zero-order valence-electron chi connectivity index (χ0n) is 20.2. The molecule has 7 heteroatoms. The van der Waals surface area contributed by atoms with Crippen LogP contribution in [-0.2, 0) is 11.2 Å². The van der Waals surface area contributed by atoms with Crippen molar-refractivity contribution in [3.05, 3.63) is 35.5 Å². The quantitative estimate of drug-likeness (QED) is 0.531. The third-order valence-corrected chi connectivity index (χ3v) is 5.86. The van der Waals surface area contributed by atoms with Crippen molar-refractivity contribution in [2.45, 2.75) is 58.4 Å². The normalized spacial score (nSPS) is 14.5. The van der Waals surface area contributed by atoms with Crippen molar-refractivity contribution >= 4 is 28.2 Å². The third kappa shape index (κ3) is 6.23. The summed E-state index contributed by atoms with van der Waals surface area (Å²) in [6, 6.07) is 6.46. The van der Waals surface area contributed by atoms with Gasteiger partial charge >= 0.3 is 0 Å².